The van der Waals surface area contributed by atoms with Gasteiger partial charge < -0.3 is 10.1 Å². The lowest BCUT2D eigenvalue weighted by atomic mass is 9.86. The zero-order chi connectivity index (χ0) is 13.7. The number of nitrogens with one attached hydrogen (secondary N) is 1. The molecule has 0 aromatic heterocycles. The van der Waals surface area contributed by atoms with Crippen LogP contribution < -0.4 is 5.32 Å². The van der Waals surface area contributed by atoms with Crippen molar-refractivity contribution in [2.75, 3.05) is 19.8 Å². The van der Waals surface area contributed by atoms with Crippen molar-refractivity contribution in [2.24, 2.45) is 23.7 Å². The second-order valence-electron chi connectivity index (χ2n) is 6.81. The molecule has 1 N–H and O–H groups in total. The lowest BCUT2D eigenvalue weighted by Crippen LogP contribution is -2.28. The first kappa shape index (κ1) is 14.8. The van der Waals surface area contributed by atoms with Crippen molar-refractivity contribution in [1.82, 2.24) is 5.32 Å². The maximum Gasteiger partial charge on any atom is 0.220 e. The molecule has 0 heterocycles. The Morgan fingerprint density at radius 3 is 2.79 bits per heavy atom. The molecule has 0 saturated heterocycles. The SMILES string of the molecule is CC(C)COCCCNC(=O)CC1CC2CCC1C2. The Morgan fingerprint density at radius 1 is 1.32 bits per heavy atom. The fourth-order valence-corrected chi connectivity index (χ4v) is 3.66. The number of carbonyl (C=O) groups is 1. The molecule has 2 saturated carbocycles. The molecule has 19 heavy (non-hydrogen) atoms. The van der Waals surface area contributed by atoms with Crippen LogP contribution in [0.2, 0.25) is 0 Å². The largest absolute Gasteiger partial charge is 0.381 e. The van der Waals surface area contributed by atoms with E-state index in [1.54, 1.807) is 0 Å². The molecule has 2 aliphatic rings. The van der Waals surface area contributed by atoms with E-state index in [9.17, 15) is 4.79 Å². The molecule has 0 aromatic rings. The van der Waals surface area contributed by atoms with Crippen molar-refractivity contribution >= 4 is 5.91 Å². The molecular formula is C16H29NO2. The van der Waals surface area contributed by atoms with Crippen LogP contribution in [0.1, 0.15) is 52.4 Å². The summed E-state index contributed by atoms with van der Waals surface area (Å²) in [5.74, 6) is 3.31. The Kier molecular flexibility index (Phi) is 5.68. The van der Waals surface area contributed by atoms with Crippen LogP contribution in [-0.2, 0) is 9.53 Å². The monoisotopic (exact) mass is 267 g/mol. The molecule has 0 radical (unpaired) electrons. The number of fused-ring (bicyclic) bond motifs is 2. The van der Waals surface area contributed by atoms with Gasteiger partial charge in [-0.15, -0.1) is 0 Å². The second kappa shape index (κ2) is 7.28. The van der Waals surface area contributed by atoms with Crippen LogP contribution in [0, 0.1) is 23.7 Å². The van der Waals surface area contributed by atoms with E-state index in [2.05, 4.69) is 19.2 Å². The van der Waals surface area contributed by atoms with E-state index in [0.29, 0.717) is 11.8 Å². The first-order valence-electron chi connectivity index (χ1n) is 7.99. The van der Waals surface area contributed by atoms with Crippen LogP contribution in [0.4, 0.5) is 0 Å². The van der Waals surface area contributed by atoms with Gasteiger partial charge in [-0.3, -0.25) is 4.79 Å². The standard InChI is InChI=1S/C16H29NO2/c1-12(2)11-19-7-3-6-17-16(18)10-15-9-13-4-5-14(15)8-13/h12-15H,3-11H2,1-2H3,(H,17,18). The van der Waals surface area contributed by atoms with Gasteiger partial charge >= 0.3 is 0 Å². The minimum atomic E-state index is 0.251. The van der Waals surface area contributed by atoms with Gasteiger partial charge in [-0.2, -0.15) is 0 Å². The maximum absolute atomic E-state index is 11.9. The third-order valence-electron chi connectivity index (χ3n) is 4.57. The average Bonchev–Trinajstić information content (AvgIpc) is 2.95. The molecule has 2 rings (SSSR count). The summed E-state index contributed by atoms with van der Waals surface area (Å²) in [5.41, 5.74) is 0. The smallest absolute Gasteiger partial charge is 0.220 e. The van der Waals surface area contributed by atoms with Gasteiger partial charge in [0.15, 0.2) is 0 Å². The number of rotatable bonds is 8. The van der Waals surface area contributed by atoms with Crippen LogP contribution >= 0.6 is 0 Å². The first-order valence-corrected chi connectivity index (χ1v) is 7.99. The summed E-state index contributed by atoms with van der Waals surface area (Å²) in [4.78, 5) is 11.9. The summed E-state index contributed by atoms with van der Waals surface area (Å²) in [5, 5.41) is 3.04. The quantitative estimate of drug-likeness (QED) is 0.687. The van der Waals surface area contributed by atoms with Gasteiger partial charge in [0.25, 0.3) is 0 Å². The molecule has 0 aromatic carbocycles. The fraction of sp³-hybridized carbons (Fsp3) is 0.938. The van der Waals surface area contributed by atoms with Crippen LogP contribution in [0.25, 0.3) is 0 Å². The van der Waals surface area contributed by atoms with Crippen molar-refractivity contribution in [1.29, 1.82) is 0 Å². The number of carbonyl (C=O) groups excluding carboxylic acids is 1. The highest BCUT2D eigenvalue weighted by Gasteiger charge is 2.39. The molecule has 2 bridgehead atoms. The normalized spacial score (nSPS) is 29.1. The zero-order valence-electron chi connectivity index (χ0n) is 12.5. The van der Waals surface area contributed by atoms with Gasteiger partial charge in [0.1, 0.15) is 0 Å². The van der Waals surface area contributed by atoms with Gasteiger partial charge in [-0.1, -0.05) is 20.3 Å². The van der Waals surface area contributed by atoms with Crippen molar-refractivity contribution in [3.05, 3.63) is 0 Å². The molecule has 3 nitrogen and oxygen atoms in total. The Morgan fingerprint density at radius 2 is 2.16 bits per heavy atom. The van der Waals surface area contributed by atoms with E-state index in [1.165, 1.54) is 25.7 Å². The van der Waals surface area contributed by atoms with E-state index >= 15 is 0 Å². The van der Waals surface area contributed by atoms with E-state index in [1.807, 2.05) is 0 Å². The Labute approximate surface area is 117 Å². The van der Waals surface area contributed by atoms with Gasteiger partial charge in [-0.05, 0) is 49.4 Å². The average molecular weight is 267 g/mol. The van der Waals surface area contributed by atoms with E-state index < -0.39 is 0 Å². The molecule has 2 fully saturated rings. The number of amides is 1. The molecule has 1 amide bonds. The highest BCUT2D eigenvalue weighted by atomic mass is 16.5. The Hall–Kier alpha value is -0.570. The Bertz CT molecular complexity index is 290. The summed E-state index contributed by atoms with van der Waals surface area (Å²) in [7, 11) is 0. The van der Waals surface area contributed by atoms with Crippen molar-refractivity contribution in [3.63, 3.8) is 0 Å². The van der Waals surface area contributed by atoms with Gasteiger partial charge in [-0.25, -0.2) is 0 Å². The van der Waals surface area contributed by atoms with Gasteiger partial charge in [0.2, 0.25) is 5.91 Å². The Balaban J connectivity index is 1.48. The third kappa shape index (κ3) is 4.79. The van der Waals surface area contributed by atoms with Gasteiger partial charge in [0.05, 0.1) is 0 Å². The molecule has 3 unspecified atom stereocenters. The topological polar surface area (TPSA) is 38.3 Å². The third-order valence-corrected chi connectivity index (χ3v) is 4.57. The van der Waals surface area contributed by atoms with Gasteiger partial charge in [0, 0.05) is 26.2 Å². The van der Waals surface area contributed by atoms with Crippen molar-refractivity contribution < 1.29 is 9.53 Å². The predicted molar refractivity (Wildman–Crippen MR) is 76.8 cm³/mol. The van der Waals surface area contributed by atoms with E-state index in [-0.39, 0.29) is 5.91 Å². The van der Waals surface area contributed by atoms with Crippen molar-refractivity contribution in [3.8, 4) is 0 Å². The molecule has 0 aliphatic heterocycles. The summed E-state index contributed by atoms with van der Waals surface area (Å²) in [6.07, 6.45) is 7.15. The highest BCUT2D eigenvalue weighted by Crippen LogP contribution is 2.49. The molecule has 0 spiro atoms. The summed E-state index contributed by atoms with van der Waals surface area (Å²) in [6.45, 7) is 6.64. The molecule has 2 aliphatic carbocycles. The molecule has 3 heteroatoms. The van der Waals surface area contributed by atoms with Crippen LogP contribution in [0.15, 0.2) is 0 Å². The molecule has 3 atom stereocenters. The minimum absolute atomic E-state index is 0.251. The summed E-state index contributed by atoms with van der Waals surface area (Å²) >= 11 is 0. The van der Waals surface area contributed by atoms with Crippen LogP contribution in [0.3, 0.4) is 0 Å². The molecular weight excluding hydrogens is 238 g/mol. The molecule has 110 valence electrons. The second-order valence-corrected chi connectivity index (χ2v) is 6.81. The summed E-state index contributed by atoms with van der Waals surface area (Å²) in [6, 6.07) is 0. The van der Waals surface area contributed by atoms with Crippen LogP contribution in [0.5, 0.6) is 0 Å². The number of ether oxygens (including phenoxy) is 1. The lowest BCUT2D eigenvalue weighted by Gasteiger charge is -2.20. The van der Waals surface area contributed by atoms with E-state index in [0.717, 1.165) is 44.4 Å². The number of hydrogen-bond acceptors (Lipinski definition) is 2. The zero-order valence-corrected chi connectivity index (χ0v) is 12.5. The minimum Gasteiger partial charge on any atom is -0.381 e. The van der Waals surface area contributed by atoms with E-state index in [4.69, 9.17) is 4.74 Å². The first-order chi connectivity index (χ1) is 9.15. The van der Waals surface area contributed by atoms with Crippen LogP contribution in [-0.4, -0.2) is 25.7 Å². The maximum atomic E-state index is 11.9. The highest BCUT2D eigenvalue weighted by molar-refractivity contribution is 5.76. The lowest BCUT2D eigenvalue weighted by molar-refractivity contribution is -0.122. The summed E-state index contributed by atoms with van der Waals surface area (Å²) < 4.78 is 5.50. The van der Waals surface area contributed by atoms with Crippen molar-refractivity contribution in [2.45, 2.75) is 52.4 Å². The number of hydrogen-bond donors (Lipinski definition) is 1. The fourth-order valence-electron chi connectivity index (χ4n) is 3.66. The predicted octanol–water partition coefficient (Wildman–Crippen LogP) is 2.99.